The molecule has 2 heterocycles. The van der Waals surface area contributed by atoms with E-state index in [4.69, 9.17) is 4.98 Å². The summed E-state index contributed by atoms with van der Waals surface area (Å²) >= 11 is 2.88. The van der Waals surface area contributed by atoms with E-state index in [1.54, 1.807) is 15.9 Å². The van der Waals surface area contributed by atoms with Gasteiger partial charge in [0.1, 0.15) is 14.7 Å². The number of benzene rings is 1. The zero-order chi connectivity index (χ0) is 20.5. The number of hydrogen-bond acceptors (Lipinski definition) is 6. The van der Waals surface area contributed by atoms with E-state index in [1.165, 1.54) is 22.9 Å². The summed E-state index contributed by atoms with van der Waals surface area (Å²) in [5.41, 5.74) is 3.13. The van der Waals surface area contributed by atoms with Crippen molar-refractivity contribution in [3.63, 3.8) is 0 Å². The second kappa shape index (κ2) is 8.39. The predicted octanol–water partition coefficient (Wildman–Crippen LogP) is 3.82. The van der Waals surface area contributed by atoms with Gasteiger partial charge in [-0.15, -0.1) is 11.3 Å². The number of hydrogen-bond donors (Lipinski definition) is 0. The van der Waals surface area contributed by atoms with Crippen molar-refractivity contribution in [1.29, 1.82) is 0 Å². The lowest BCUT2D eigenvalue weighted by Crippen LogP contribution is -2.24. The Bertz CT molecular complexity index is 1160. The Morgan fingerprint density at radius 1 is 1.18 bits per heavy atom. The molecule has 0 unspecified atom stereocenters. The first kappa shape index (κ1) is 21.1. The Balaban J connectivity index is 2.09. The number of thioether (sulfide) groups is 1. The molecule has 3 aromatic rings. The summed E-state index contributed by atoms with van der Waals surface area (Å²) in [7, 11) is -3.06. The van der Waals surface area contributed by atoms with Gasteiger partial charge in [-0.25, -0.2) is 13.4 Å². The standard InChI is InChI=1S/C20H24N2O3S3/c1-5-16-14(3)17-18(27-16)21-20(26-10-11-28(4,24)25)22(19(17)23)12-15-8-6-13(2)7-9-15/h6-9H,5,10-12H2,1-4H3. The number of nitrogens with zero attached hydrogens (tertiary/aromatic N) is 2. The highest BCUT2D eigenvalue weighted by molar-refractivity contribution is 8.00. The Hall–Kier alpha value is -1.64. The Morgan fingerprint density at radius 2 is 1.86 bits per heavy atom. The van der Waals surface area contributed by atoms with Crippen LogP contribution in [0.3, 0.4) is 0 Å². The number of thiophene rings is 1. The largest absolute Gasteiger partial charge is 0.283 e. The van der Waals surface area contributed by atoms with E-state index in [0.29, 0.717) is 22.8 Å². The maximum Gasteiger partial charge on any atom is 0.263 e. The average molecular weight is 437 g/mol. The zero-order valence-corrected chi connectivity index (χ0v) is 18.9. The predicted molar refractivity (Wildman–Crippen MR) is 119 cm³/mol. The second-order valence-corrected chi connectivity index (χ2v) is 11.3. The Labute approximate surface area is 173 Å². The van der Waals surface area contributed by atoms with Gasteiger partial charge >= 0.3 is 0 Å². The summed E-state index contributed by atoms with van der Waals surface area (Å²) in [6, 6.07) is 8.06. The lowest BCUT2D eigenvalue weighted by atomic mass is 10.1. The third-order valence-electron chi connectivity index (χ3n) is 4.58. The molecule has 0 aliphatic carbocycles. The van der Waals surface area contributed by atoms with Crippen molar-refractivity contribution >= 4 is 43.2 Å². The molecule has 150 valence electrons. The highest BCUT2D eigenvalue weighted by atomic mass is 32.2. The van der Waals surface area contributed by atoms with Crippen LogP contribution in [0.2, 0.25) is 0 Å². The number of fused-ring (bicyclic) bond motifs is 1. The van der Waals surface area contributed by atoms with Gasteiger partial charge in [0.05, 0.1) is 17.7 Å². The molecule has 0 radical (unpaired) electrons. The van der Waals surface area contributed by atoms with E-state index in [9.17, 15) is 13.2 Å². The van der Waals surface area contributed by atoms with Gasteiger partial charge in [-0.1, -0.05) is 48.5 Å². The van der Waals surface area contributed by atoms with Gasteiger partial charge in [-0.3, -0.25) is 9.36 Å². The molecule has 3 rings (SSSR count). The average Bonchev–Trinajstić information content (AvgIpc) is 2.94. The Kier molecular flexibility index (Phi) is 6.31. The van der Waals surface area contributed by atoms with E-state index in [-0.39, 0.29) is 11.3 Å². The van der Waals surface area contributed by atoms with Crippen LogP contribution in [-0.4, -0.2) is 35.7 Å². The van der Waals surface area contributed by atoms with Crippen LogP contribution in [-0.2, 0) is 22.8 Å². The summed E-state index contributed by atoms with van der Waals surface area (Å²) in [5, 5.41) is 1.26. The summed E-state index contributed by atoms with van der Waals surface area (Å²) in [6.45, 7) is 6.49. The molecule has 0 amide bonds. The van der Waals surface area contributed by atoms with Crippen molar-refractivity contribution < 1.29 is 8.42 Å². The summed E-state index contributed by atoms with van der Waals surface area (Å²) in [5.74, 6) is 0.426. The van der Waals surface area contributed by atoms with Crippen molar-refractivity contribution in [1.82, 2.24) is 9.55 Å². The fourth-order valence-corrected chi connectivity index (χ4v) is 6.34. The van der Waals surface area contributed by atoms with Crippen LogP contribution < -0.4 is 5.56 Å². The lowest BCUT2D eigenvalue weighted by Gasteiger charge is -2.12. The molecular formula is C20H24N2O3S3. The molecule has 28 heavy (non-hydrogen) atoms. The first-order chi connectivity index (χ1) is 13.2. The van der Waals surface area contributed by atoms with Crippen LogP contribution in [0.15, 0.2) is 34.2 Å². The van der Waals surface area contributed by atoms with E-state index in [2.05, 4.69) is 6.92 Å². The second-order valence-electron chi connectivity index (χ2n) is 6.93. The van der Waals surface area contributed by atoms with E-state index < -0.39 is 9.84 Å². The molecule has 5 nitrogen and oxygen atoms in total. The molecule has 0 N–H and O–H groups in total. The van der Waals surface area contributed by atoms with Crippen LogP contribution in [0.25, 0.3) is 10.2 Å². The van der Waals surface area contributed by atoms with Gasteiger partial charge in [-0.05, 0) is 31.4 Å². The minimum Gasteiger partial charge on any atom is -0.283 e. The van der Waals surface area contributed by atoms with Gasteiger partial charge < -0.3 is 0 Å². The quantitative estimate of drug-likeness (QED) is 0.416. The molecule has 8 heteroatoms. The summed E-state index contributed by atoms with van der Waals surface area (Å²) in [4.78, 5) is 20.0. The topological polar surface area (TPSA) is 69.0 Å². The third kappa shape index (κ3) is 4.67. The van der Waals surface area contributed by atoms with Crippen molar-refractivity contribution in [2.45, 2.75) is 38.9 Å². The minimum atomic E-state index is -3.06. The molecule has 0 saturated carbocycles. The van der Waals surface area contributed by atoms with Gasteiger partial charge in [-0.2, -0.15) is 0 Å². The number of aromatic nitrogens is 2. The molecule has 2 aromatic heterocycles. The maximum atomic E-state index is 13.3. The smallest absolute Gasteiger partial charge is 0.263 e. The fourth-order valence-electron chi connectivity index (χ4n) is 2.99. The highest BCUT2D eigenvalue weighted by Crippen LogP contribution is 2.29. The fraction of sp³-hybridized carbons (Fsp3) is 0.400. The van der Waals surface area contributed by atoms with Crippen LogP contribution in [0.4, 0.5) is 0 Å². The molecule has 0 fully saturated rings. The first-order valence-corrected chi connectivity index (χ1v) is 12.9. The molecule has 0 aliphatic heterocycles. The number of rotatable bonds is 7. The van der Waals surface area contributed by atoms with Crippen molar-refractivity contribution in [3.8, 4) is 0 Å². The number of sulfone groups is 1. The monoisotopic (exact) mass is 436 g/mol. The van der Waals surface area contributed by atoms with Crippen LogP contribution in [0.5, 0.6) is 0 Å². The molecular weight excluding hydrogens is 412 g/mol. The normalized spacial score (nSPS) is 12.0. The van der Waals surface area contributed by atoms with E-state index in [0.717, 1.165) is 27.9 Å². The van der Waals surface area contributed by atoms with Crippen LogP contribution >= 0.6 is 23.1 Å². The zero-order valence-electron chi connectivity index (χ0n) is 16.5. The van der Waals surface area contributed by atoms with Crippen molar-refractivity contribution in [2.75, 3.05) is 17.8 Å². The first-order valence-electron chi connectivity index (χ1n) is 9.08. The van der Waals surface area contributed by atoms with Gasteiger partial charge in [0.2, 0.25) is 0 Å². The molecule has 0 atom stereocenters. The van der Waals surface area contributed by atoms with Crippen LogP contribution in [0, 0.1) is 13.8 Å². The molecule has 1 aromatic carbocycles. The molecule has 0 spiro atoms. The van der Waals surface area contributed by atoms with Crippen molar-refractivity contribution in [3.05, 3.63) is 56.2 Å². The minimum absolute atomic E-state index is 0.0547. The molecule has 0 aliphatic rings. The van der Waals surface area contributed by atoms with Gasteiger partial charge in [0.15, 0.2) is 5.16 Å². The van der Waals surface area contributed by atoms with Gasteiger partial charge in [0, 0.05) is 16.9 Å². The maximum absolute atomic E-state index is 13.3. The third-order valence-corrected chi connectivity index (χ3v) is 8.09. The lowest BCUT2D eigenvalue weighted by molar-refractivity contribution is 0.603. The molecule has 0 saturated heterocycles. The van der Waals surface area contributed by atoms with Gasteiger partial charge in [0.25, 0.3) is 5.56 Å². The SMILES string of the molecule is CCc1sc2nc(SCCS(C)(=O)=O)n(Cc3ccc(C)cc3)c(=O)c2c1C. The summed E-state index contributed by atoms with van der Waals surface area (Å²) in [6.07, 6.45) is 2.08. The van der Waals surface area contributed by atoms with Crippen molar-refractivity contribution in [2.24, 2.45) is 0 Å². The van der Waals surface area contributed by atoms with Crippen LogP contribution in [0.1, 0.15) is 28.5 Å². The highest BCUT2D eigenvalue weighted by Gasteiger charge is 2.18. The summed E-state index contributed by atoms with van der Waals surface area (Å²) < 4.78 is 24.7. The molecule has 0 bridgehead atoms. The Morgan fingerprint density at radius 3 is 2.46 bits per heavy atom. The van der Waals surface area contributed by atoms with E-state index in [1.807, 2.05) is 38.1 Å². The number of aryl methyl sites for hydroxylation is 3. The van der Waals surface area contributed by atoms with E-state index >= 15 is 0 Å².